The molecule has 1 atom stereocenters. The van der Waals surface area contributed by atoms with E-state index in [1.165, 1.54) is 30.1 Å². The molecule has 48 heavy (non-hydrogen) atoms. The summed E-state index contributed by atoms with van der Waals surface area (Å²) in [7, 11) is 3.06. The highest BCUT2D eigenvalue weighted by Gasteiger charge is 2.35. The molecular formula is C34H30Br2Cl2N2O7S. The number of esters is 1. The molecule has 0 fully saturated rings. The molecule has 9 nitrogen and oxygen atoms in total. The van der Waals surface area contributed by atoms with E-state index >= 15 is 0 Å². The smallest absolute Gasteiger partial charge is 0.338 e. The van der Waals surface area contributed by atoms with Crippen LogP contribution in [0.2, 0.25) is 10.0 Å². The normalized spacial score (nSPS) is 14.4. The van der Waals surface area contributed by atoms with Gasteiger partial charge in [-0.2, -0.15) is 0 Å². The zero-order chi connectivity index (χ0) is 34.7. The fourth-order valence-electron chi connectivity index (χ4n) is 5.14. The van der Waals surface area contributed by atoms with Crippen LogP contribution in [0.4, 0.5) is 0 Å². The molecule has 0 saturated heterocycles. The number of aromatic nitrogens is 1. The van der Waals surface area contributed by atoms with Crippen LogP contribution in [0.25, 0.3) is 6.08 Å². The average Bonchev–Trinajstić information content (AvgIpc) is 3.35. The SMILES string of the molecule is CCOC(=O)C1=C(C)N=c2s/c(=C/c3cc(OC)c(OCc4ccc(Cl)cc4Cl)cc3Br)c(=O)n2[C@@H]1c1cc(OC)c(OCC)cc1Br. The van der Waals surface area contributed by atoms with Gasteiger partial charge >= 0.3 is 5.97 Å². The highest BCUT2D eigenvalue weighted by molar-refractivity contribution is 9.10. The van der Waals surface area contributed by atoms with Gasteiger partial charge in [0.1, 0.15) is 6.61 Å². The number of fused-ring (bicyclic) bond motifs is 1. The lowest BCUT2D eigenvalue weighted by molar-refractivity contribution is -0.139. The van der Waals surface area contributed by atoms with Gasteiger partial charge in [0.2, 0.25) is 0 Å². The second-order valence-electron chi connectivity index (χ2n) is 10.3. The number of methoxy groups -OCH3 is 2. The van der Waals surface area contributed by atoms with E-state index in [1.54, 1.807) is 62.4 Å². The standard InChI is InChI=1S/C34H30Br2Cl2N2O7S/c1-6-45-27-15-23(36)21(13-26(27)44-5)31-30(33(42)46-7-2)17(3)39-34-40(31)32(41)29(48-34)11-19-10-25(43-4)28(14-22(19)35)47-16-18-8-9-20(37)12-24(18)38/h8-15,31H,6-7,16H2,1-5H3/b29-11+/t31-/m1/s1. The summed E-state index contributed by atoms with van der Waals surface area (Å²) in [6.07, 6.45) is 1.74. The number of benzene rings is 3. The number of allylic oxidation sites excluding steroid dienone is 1. The van der Waals surface area contributed by atoms with Gasteiger partial charge in [-0.25, -0.2) is 9.79 Å². The Labute approximate surface area is 307 Å². The Morgan fingerprint density at radius 1 is 0.958 bits per heavy atom. The van der Waals surface area contributed by atoms with Crippen LogP contribution in [0.3, 0.4) is 0 Å². The lowest BCUT2D eigenvalue weighted by atomic mass is 9.95. The molecule has 1 aliphatic heterocycles. The number of carbonyl (C=O) groups is 1. The Kier molecular flexibility index (Phi) is 11.6. The maximum atomic E-state index is 14.3. The minimum Gasteiger partial charge on any atom is -0.493 e. The van der Waals surface area contributed by atoms with E-state index in [0.717, 1.165) is 5.56 Å². The second kappa shape index (κ2) is 15.5. The molecule has 4 aromatic rings. The minimum absolute atomic E-state index is 0.156. The summed E-state index contributed by atoms with van der Waals surface area (Å²) in [5, 5.41) is 1.02. The molecule has 14 heteroatoms. The van der Waals surface area contributed by atoms with E-state index in [9.17, 15) is 9.59 Å². The van der Waals surface area contributed by atoms with Gasteiger partial charge in [0, 0.05) is 24.6 Å². The number of hydrogen-bond acceptors (Lipinski definition) is 9. The summed E-state index contributed by atoms with van der Waals surface area (Å²) in [5.74, 6) is 1.32. The number of hydrogen-bond donors (Lipinski definition) is 0. The number of nitrogens with zero attached hydrogens (tertiary/aromatic N) is 2. The summed E-state index contributed by atoms with van der Waals surface area (Å²) in [4.78, 5) is 32.8. The second-order valence-corrected chi connectivity index (χ2v) is 13.9. The topological polar surface area (TPSA) is 97.6 Å². The molecule has 1 aromatic heterocycles. The number of carbonyl (C=O) groups excluding carboxylic acids is 1. The molecule has 0 radical (unpaired) electrons. The largest absolute Gasteiger partial charge is 0.493 e. The first-order valence-electron chi connectivity index (χ1n) is 14.6. The molecule has 2 heterocycles. The molecule has 0 amide bonds. The molecule has 0 unspecified atom stereocenters. The van der Waals surface area contributed by atoms with Crippen molar-refractivity contribution in [3.8, 4) is 23.0 Å². The highest BCUT2D eigenvalue weighted by atomic mass is 79.9. The van der Waals surface area contributed by atoms with E-state index in [0.29, 0.717) is 74.8 Å². The molecule has 0 aliphatic carbocycles. The van der Waals surface area contributed by atoms with Gasteiger partial charge in [-0.05, 0) is 74.4 Å². The third-order valence-corrected chi connectivity index (χ3v) is 10.3. The first-order valence-corrected chi connectivity index (χ1v) is 17.8. The quantitative estimate of drug-likeness (QED) is 0.144. The fraction of sp³-hybridized carbons (Fsp3) is 0.265. The van der Waals surface area contributed by atoms with Gasteiger partial charge in [0.05, 0.1) is 49.3 Å². The molecule has 1 aliphatic rings. The van der Waals surface area contributed by atoms with Gasteiger partial charge in [0.15, 0.2) is 27.8 Å². The van der Waals surface area contributed by atoms with Crippen molar-refractivity contribution in [3.63, 3.8) is 0 Å². The number of thiazole rings is 1. The average molecular weight is 841 g/mol. The summed E-state index contributed by atoms with van der Waals surface area (Å²) in [6, 6.07) is 11.4. The molecule has 0 spiro atoms. The van der Waals surface area contributed by atoms with Crippen molar-refractivity contribution in [1.82, 2.24) is 4.57 Å². The van der Waals surface area contributed by atoms with Crippen molar-refractivity contribution in [3.05, 3.63) is 109 Å². The van der Waals surface area contributed by atoms with Crippen LogP contribution in [-0.4, -0.2) is 38.0 Å². The van der Waals surface area contributed by atoms with E-state index in [2.05, 4.69) is 36.9 Å². The summed E-state index contributed by atoms with van der Waals surface area (Å²) in [5.41, 5.74) is 2.36. The van der Waals surface area contributed by atoms with Crippen LogP contribution in [0.5, 0.6) is 23.0 Å². The van der Waals surface area contributed by atoms with Crippen LogP contribution >= 0.6 is 66.4 Å². The van der Waals surface area contributed by atoms with E-state index < -0.39 is 12.0 Å². The van der Waals surface area contributed by atoms with Crippen molar-refractivity contribution in [2.45, 2.75) is 33.4 Å². The third kappa shape index (κ3) is 7.33. The van der Waals surface area contributed by atoms with Crippen molar-refractivity contribution < 1.29 is 28.5 Å². The highest BCUT2D eigenvalue weighted by Crippen LogP contribution is 2.41. The minimum atomic E-state index is -0.866. The maximum Gasteiger partial charge on any atom is 0.338 e. The van der Waals surface area contributed by atoms with Crippen molar-refractivity contribution in [2.75, 3.05) is 27.4 Å². The van der Waals surface area contributed by atoms with Crippen molar-refractivity contribution in [1.29, 1.82) is 0 Å². The van der Waals surface area contributed by atoms with Gasteiger partial charge in [0.25, 0.3) is 5.56 Å². The number of rotatable bonds is 11. The van der Waals surface area contributed by atoms with E-state index in [4.69, 9.17) is 46.9 Å². The number of halogens is 4. The predicted molar refractivity (Wildman–Crippen MR) is 194 cm³/mol. The molecular weight excluding hydrogens is 811 g/mol. The molecule has 252 valence electrons. The Balaban J connectivity index is 1.62. The first-order chi connectivity index (χ1) is 23.0. The Morgan fingerprint density at radius 3 is 2.31 bits per heavy atom. The van der Waals surface area contributed by atoms with E-state index in [-0.39, 0.29) is 24.3 Å². The zero-order valence-corrected chi connectivity index (χ0v) is 32.0. The van der Waals surface area contributed by atoms with Gasteiger partial charge < -0.3 is 23.7 Å². The zero-order valence-electron chi connectivity index (χ0n) is 26.5. The monoisotopic (exact) mass is 838 g/mol. The Hall–Kier alpha value is -3.29. The molecule has 0 N–H and O–H groups in total. The number of ether oxygens (including phenoxy) is 5. The summed E-state index contributed by atoms with van der Waals surface area (Å²) < 4.78 is 31.7. The summed E-state index contributed by atoms with van der Waals surface area (Å²) in [6.45, 7) is 6.09. The van der Waals surface area contributed by atoms with Crippen LogP contribution < -0.4 is 33.8 Å². The maximum absolute atomic E-state index is 14.3. The molecule has 0 saturated carbocycles. The Morgan fingerprint density at radius 2 is 1.65 bits per heavy atom. The van der Waals surface area contributed by atoms with Crippen molar-refractivity contribution in [2.24, 2.45) is 4.99 Å². The van der Waals surface area contributed by atoms with Gasteiger partial charge in [-0.15, -0.1) is 0 Å². The van der Waals surface area contributed by atoms with Gasteiger partial charge in [-0.3, -0.25) is 9.36 Å². The molecule has 3 aromatic carbocycles. The lowest BCUT2D eigenvalue weighted by Gasteiger charge is -2.26. The van der Waals surface area contributed by atoms with Crippen LogP contribution in [-0.2, 0) is 16.1 Å². The van der Waals surface area contributed by atoms with Gasteiger partial charge in [-0.1, -0.05) is 72.5 Å². The lowest BCUT2D eigenvalue weighted by Crippen LogP contribution is -2.40. The molecule has 0 bridgehead atoms. The molecule has 5 rings (SSSR count). The van der Waals surface area contributed by atoms with Crippen molar-refractivity contribution >= 4 is 78.4 Å². The van der Waals surface area contributed by atoms with E-state index in [1.807, 2.05) is 6.92 Å². The van der Waals surface area contributed by atoms with Crippen LogP contribution in [0, 0.1) is 0 Å². The van der Waals surface area contributed by atoms with Crippen LogP contribution in [0.1, 0.15) is 43.5 Å². The van der Waals surface area contributed by atoms with Crippen LogP contribution in [0.15, 0.2) is 72.5 Å². The predicted octanol–water partition coefficient (Wildman–Crippen LogP) is 7.63. The third-order valence-electron chi connectivity index (χ3n) is 7.36. The summed E-state index contributed by atoms with van der Waals surface area (Å²) >= 11 is 20.8. The first kappa shape index (κ1) is 36.0. The Bertz CT molecular complexity index is 2110. The fourth-order valence-corrected chi connectivity index (χ4v) is 7.62.